The summed E-state index contributed by atoms with van der Waals surface area (Å²) < 4.78 is 6.97. The summed E-state index contributed by atoms with van der Waals surface area (Å²) in [6, 6.07) is 8.19. The molecular weight excluding hydrogens is 228 g/mol. The van der Waals surface area contributed by atoms with Crippen molar-refractivity contribution in [2.45, 2.75) is 26.4 Å². The highest BCUT2D eigenvalue weighted by Gasteiger charge is 2.06. The van der Waals surface area contributed by atoms with E-state index in [9.17, 15) is 0 Å². The highest BCUT2D eigenvalue weighted by molar-refractivity contribution is 5.37. The first kappa shape index (κ1) is 12.6. The Morgan fingerprint density at radius 2 is 2.00 bits per heavy atom. The number of nitrogens with one attached hydrogen (secondary N) is 1. The lowest BCUT2D eigenvalue weighted by atomic mass is 10.3. The predicted octanol–water partition coefficient (Wildman–Crippen LogP) is 1.77. The van der Waals surface area contributed by atoms with E-state index in [-0.39, 0.29) is 0 Å². The van der Waals surface area contributed by atoms with E-state index in [1.807, 2.05) is 28.9 Å². The van der Waals surface area contributed by atoms with Gasteiger partial charge in [-0.1, -0.05) is 19.1 Å². The zero-order chi connectivity index (χ0) is 13.0. The van der Waals surface area contributed by atoms with Gasteiger partial charge in [-0.3, -0.25) is 0 Å². The molecule has 0 spiro atoms. The Hall–Kier alpha value is -1.88. The van der Waals surface area contributed by atoms with Crippen molar-refractivity contribution in [2.24, 2.45) is 0 Å². The van der Waals surface area contributed by atoms with Crippen LogP contribution in [0.1, 0.15) is 19.5 Å². The zero-order valence-corrected chi connectivity index (χ0v) is 10.9. The summed E-state index contributed by atoms with van der Waals surface area (Å²) in [5.41, 5.74) is 2.02. The number of rotatable bonds is 5. The molecule has 1 N–H and O–H groups in total. The highest BCUT2D eigenvalue weighted by atomic mass is 16.5. The van der Waals surface area contributed by atoms with E-state index < -0.39 is 0 Å². The Morgan fingerprint density at radius 1 is 1.28 bits per heavy atom. The number of aromatic nitrogens is 3. The summed E-state index contributed by atoms with van der Waals surface area (Å²) in [6.07, 6.45) is 1.78. The second kappa shape index (κ2) is 5.64. The van der Waals surface area contributed by atoms with Gasteiger partial charge >= 0.3 is 0 Å². The van der Waals surface area contributed by atoms with Crippen LogP contribution in [0.15, 0.2) is 30.5 Å². The standard InChI is InChI=1S/C13H18N4O/c1-10(2)14-8-12-9-15-16-17(12)11-4-6-13(18-3)7-5-11/h4-7,9-10,14H,8H2,1-3H3. The average Bonchev–Trinajstić information content (AvgIpc) is 2.85. The SMILES string of the molecule is COc1ccc(-n2nncc2CNC(C)C)cc1. The normalized spacial score (nSPS) is 10.9. The third-order valence-electron chi connectivity index (χ3n) is 2.63. The van der Waals surface area contributed by atoms with Crippen LogP contribution in [0.25, 0.3) is 5.69 Å². The molecule has 0 aliphatic heterocycles. The molecule has 0 radical (unpaired) electrons. The van der Waals surface area contributed by atoms with E-state index in [1.165, 1.54) is 0 Å². The number of methoxy groups -OCH3 is 1. The van der Waals surface area contributed by atoms with Crippen LogP contribution in [0.5, 0.6) is 5.75 Å². The number of ether oxygens (including phenoxy) is 1. The quantitative estimate of drug-likeness (QED) is 0.873. The van der Waals surface area contributed by atoms with Crippen LogP contribution in [0.4, 0.5) is 0 Å². The Balaban J connectivity index is 2.19. The molecular formula is C13H18N4O. The fraction of sp³-hybridized carbons (Fsp3) is 0.385. The lowest BCUT2D eigenvalue weighted by molar-refractivity contribution is 0.414. The van der Waals surface area contributed by atoms with E-state index in [0.717, 1.165) is 23.7 Å². The number of hydrogen-bond donors (Lipinski definition) is 1. The van der Waals surface area contributed by atoms with Gasteiger partial charge in [-0.05, 0) is 24.3 Å². The van der Waals surface area contributed by atoms with Crippen molar-refractivity contribution in [3.8, 4) is 11.4 Å². The first-order valence-corrected chi connectivity index (χ1v) is 5.98. The third kappa shape index (κ3) is 2.87. The lowest BCUT2D eigenvalue weighted by Crippen LogP contribution is -2.23. The molecule has 2 rings (SSSR count). The topological polar surface area (TPSA) is 52.0 Å². The van der Waals surface area contributed by atoms with Gasteiger partial charge in [0.25, 0.3) is 0 Å². The fourth-order valence-corrected chi connectivity index (χ4v) is 1.63. The summed E-state index contributed by atoms with van der Waals surface area (Å²) in [5.74, 6) is 0.834. The minimum atomic E-state index is 0.434. The van der Waals surface area contributed by atoms with Gasteiger partial charge in [0.2, 0.25) is 0 Å². The molecule has 0 atom stereocenters. The second-order valence-electron chi connectivity index (χ2n) is 4.37. The Morgan fingerprint density at radius 3 is 2.61 bits per heavy atom. The van der Waals surface area contributed by atoms with Gasteiger partial charge in [0, 0.05) is 12.6 Å². The molecule has 0 saturated carbocycles. The molecule has 1 heterocycles. The van der Waals surface area contributed by atoms with Crippen LogP contribution in [-0.4, -0.2) is 28.1 Å². The number of hydrogen-bond acceptors (Lipinski definition) is 4. The van der Waals surface area contributed by atoms with E-state index in [2.05, 4.69) is 29.5 Å². The molecule has 0 amide bonds. The van der Waals surface area contributed by atoms with E-state index >= 15 is 0 Å². The van der Waals surface area contributed by atoms with E-state index in [4.69, 9.17) is 4.74 Å². The maximum absolute atomic E-state index is 5.14. The van der Waals surface area contributed by atoms with Crippen LogP contribution in [0.2, 0.25) is 0 Å². The number of nitrogens with zero attached hydrogens (tertiary/aromatic N) is 3. The number of benzene rings is 1. The smallest absolute Gasteiger partial charge is 0.119 e. The van der Waals surface area contributed by atoms with Crippen LogP contribution >= 0.6 is 0 Å². The first-order valence-electron chi connectivity index (χ1n) is 5.98. The molecule has 0 unspecified atom stereocenters. The molecule has 0 aliphatic carbocycles. The molecule has 18 heavy (non-hydrogen) atoms. The maximum Gasteiger partial charge on any atom is 0.119 e. The highest BCUT2D eigenvalue weighted by Crippen LogP contribution is 2.15. The maximum atomic E-state index is 5.14. The van der Waals surface area contributed by atoms with Crippen molar-refractivity contribution in [3.05, 3.63) is 36.2 Å². The monoisotopic (exact) mass is 246 g/mol. The Labute approximate surface area is 107 Å². The summed E-state index contributed by atoms with van der Waals surface area (Å²) in [6.45, 7) is 4.97. The van der Waals surface area contributed by atoms with Crippen molar-refractivity contribution in [2.75, 3.05) is 7.11 Å². The summed E-state index contributed by atoms with van der Waals surface area (Å²) in [4.78, 5) is 0. The molecule has 5 heteroatoms. The van der Waals surface area contributed by atoms with Crippen LogP contribution in [0.3, 0.4) is 0 Å². The summed E-state index contributed by atoms with van der Waals surface area (Å²) >= 11 is 0. The molecule has 2 aromatic rings. The molecule has 0 aliphatic rings. The molecule has 0 fully saturated rings. The summed E-state index contributed by atoms with van der Waals surface area (Å²) in [5, 5.41) is 11.4. The molecule has 1 aromatic heterocycles. The average molecular weight is 246 g/mol. The van der Waals surface area contributed by atoms with Gasteiger partial charge in [0.1, 0.15) is 5.75 Å². The van der Waals surface area contributed by atoms with Crippen LogP contribution < -0.4 is 10.1 Å². The minimum absolute atomic E-state index is 0.434. The molecule has 5 nitrogen and oxygen atoms in total. The largest absolute Gasteiger partial charge is 0.497 e. The van der Waals surface area contributed by atoms with Crippen molar-refractivity contribution < 1.29 is 4.74 Å². The first-order chi connectivity index (χ1) is 8.70. The van der Waals surface area contributed by atoms with Gasteiger partial charge in [-0.15, -0.1) is 5.10 Å². The van der Waals surface area contributed by atoms with E-state index in [1.54, 1.807) is 13.3 Å². The van der Waals surface area contributed by atoms with Gasteiger partial charge in [-0.25, -0.2) is 4.68 Å². The van der Waals surface area contributed by atoms with Crippen LogP contribution in [-0.2, 0) is 6.54 Å². The predicted molar refractivity (Wildman–Crippen MR) is 69.9 cm³/mol. The minimum Gasteiger partial charge on any atom is -0.497 e. The van der Waals surface area contributed by atoms with Gasteiger partial charge < -0.3 is 10.1 Å². The second-order valence-corrected chi connectivity index (χ2v) is 4.37. The Kier molecular flexibility index (Phi) is 3.94. The van der Waals surface area contributed by atoms with Crippen molar-refractivity contribution in [1.82, 2.24) is 20.3 Å². The molecule has 0 saturated heterocycles. The van der Waals surface area contributed by atoms with Crippen molar-refractivity contribution >= 4 is 0 Å². The van der Waals surface area contributed by atoms with Gasteiger partial charge in [0.15, 0.2) is 0 Å². The third-order valence-corrected chi connectivity index (χ3v) is 2.63. The fourth-order valence-electron chi connectivity index (χ4n) is 1.63. The zero-order valence-electron chi connectivity index (χ0n) is 10.9. The van der Waals surface area contributed by atoms with Crippen molar-refractivity contribution in [1.29, 1.82) is 0 Å². The molecule has 0 bridgehead atoms. The molecule has 96 valence electrons. The molecule has 1 aromatic carbocycles. The Bertz CT molecular complexity index is 490. The van der Waals surface area contributed by atoms with Crippen molar-refractivity contribution in [3.63, 3.8) is 0 Å². The van der Waals surface area contributed by atoms with Gasteiger partial charge in [-0.2, -0.15) is 0 Å². The van der Waals surface area contributed by atoms with Gasteiger partial charge in [0.05, 0.1) is 24.7 Å². The van der Waals surface area contributed by atoms with E-state index in [0.29, 0.717) is 6.04 Å². The van der Waals surface area contributed by atoms with Crippen LogP contribution in [0, 0.1) is 0 Å². The summed E-state index contributed by atoms with van der Waals surface area (Å²) in [7, 11) is 1.66. The lowest BCUT2D eigenvalue weighted by Gasteiger charge is -2.10.